The van der Waals surface area contributed by atoms with Crippen LogP contribution in [0.4, 0.5) is 5.82 Å². The number of ether oxygens (including phenoxy) is 1. The lowest BCUT2D eigenvalue weighted by atomic mass is 10.1. The average Bonchev–Trinajstić information content (AvgIpc) is 2.90. The van der Waals surface area contributed by atoms with Crippen molar-refractivity contribution in [3.8, 4) is 22.9 Å². The largest absolute Gasteiger partial charge is 0.438 e. The fraction of sp³-hybridized carbons (Fsp3) is 0.207. The highest BCUT2D eigenvalue weighted by Gasteiger charge is 2.26. The van der Waals surface area contributed by atoms with Gasteiger partial charge in [-0.2, -0.15) is 0 Å². The number of sulfone groups is 1. The van der Waals surface area contributed by atoms with Gasteiger partial charge in [-0.3, -0.25) is 4.79 Å². The summed E-state index contributed by atoms with van der Waals surface area (Å²) in [7, 11) is -4.08. The molecule has 0 aliphatic heterocycles. The number of anilines is 1. The Bertz CT molecular complexity index is 1550. The molecule has 2 N–H and O–H groups in total. The Morgan fingerprint density at radius 1 is 0.921 bits per heavy atom. The minimum atomic E-state index is -4.08. The first-order chi connectivity index (χ1) is 18.2. The molecule has 0 saturated heterocycles. The first-order valence-electron chi connectivity index (χ1n) is 12.1. The quantitative estimate of drug-likeness (QED) is 0.277. The van der Waals surface area contributed by atoms with Gasteiger partial charge in [-0.25, -0.2) is 18.4 Å². The van der Waals surface area contributed by atoms with E-state index in [0.717, 1.165) is 22.3 Å². The van der Waals surface area contributed by atoms with Gasteiger partial charge in [-0.1, -0.05) is 54.1 Å². The number of ketones is 1. The van der Waals surface area contributed by atoms with Gasteiger partial charge >= 0.3 is 0 Å². The molecule has 0 saturated carbocycles. The SMILES string of the molecule is Cc1cc(C)c(Oc2nc(-c3ccccc3)ccc2C(=O)CS(=O)(=O)c2cccc(NCCO)n2)c(C)c1. The molecule has 0 amide bonds. The molecule has 2 aromatic carbocycles. The minimum absolute atomic E-state index is 0.0351. The number of nitrogens with zero attached hydrogens (tertiary/aromatic N) is 2. The van der Waals surface area contributed by atoms with Crippen LogP contribution in [0, 0.1) is 20.8 Å². The van der Waals surface area contributed by atoms with Crippen LogP contribution in [-0.2, 0) is 9.84 Å². The third-order valence-corrected chi connectivity index (χ3v) is 7.32. The van der Waals surface area contributed by atoms with Gasteiger partial charge in [0.15, 0.2) is 10.8 Å². The van der Waals surface area contributed by atoms with E-state index in [1.54, 1.807) is 18.2 Å². The number of aliphatic hydroxyl groups excluding tert-OH is 1. The van der Waals surface area contributed by atoms with Crippen molar-refractivity contribution in [1.29, 1.82) is 0 Å². The van der Waals surface area contributed by atoms with Crippen LogP contribution in [-0.4, -0.2) is 48.2 Å². The van der Waals surface area contributed by atoms with E-state index in [2.05, 4.69) is 15.3 Å². The second-order valence-corrected chi connectivity index (χ2v) is 10.9. The lowest BCUT2D eigenvalue weighted by Gasteiger charge is -2.16. The maximum absolute atomic E-state index is 13.4. The third kappa shape index (κ3) is 6.24. The van der Waals surface area contributed by atoms with E-state index in [1.165, 1.54) is 12.1 Å². The Morgan fingerprint density at radius 2 is 1.63 bits per heavy atom. The van der Waals surface area contributed by atoms with E-state index in [9.17, 15) is 13.2 Å². The summed E-state index contributed by atoms with van der Waals surface area (Å²) in [5, 5.41) is 11.6. The van der Waals surface area contributed by atoms with E-state index < -0.39 is 21.4 Å². The highest BCUT2D eigenvalue weighted by molar-refractivity contribution is 7.92. The maximum Gasteiger partial charge on any atom is 0.230 e. The predicted molar refractivity (Wildman–Crippen MR) is 147 cm³/mol. The van der Waals surface area contributed by atoms with Crippen molar-refractivity contribution in [2.45, 2.75) is 25.8 Å². The van der Waals surface area contributed by atoms with Gasteiger partial charge in [0.2, 0.25) is 15.7 Å². The van der Waals surface area contributed by atoms with Gasteiger partial charge in [0.25, 0.3) is 0 Å². The van der Waals surface area contributed by atoms with Gasteiger partial charge in [-0.15, -0.1) is 0 Å². The molecule has 9 heteroatoms. The molecule has 0 unspecified atom stereocenters. The number of aryl methyl sites for hydroxylation is 3. The lowest BCUT2D eigenvalue weighted by Crippen LogP contribution is -2.19. The standard InChI is InChI=1S/C29H29N3O5S/c1-19-16-20(2)28(21(3)17-19)37-29-23(12-13-24(31-29)22-8-5-4-6-9-22)25(34)18-38(35,36)27-11-7-10-26(32-27)30-14-15-33/h4-13,16-17,33H,14-15,18H2,1-3H3,(H,30,32). The van der Waals surface area contributed by atoms with E-state index in [-0.39, 0.29) is 35.4 Å². The number of carbonyl (C=O) groups is 1. The van der Waals surface area contributed by atoms with Crippen molar-refractivity contribution in [3.05, 3.63) is 95.1 Å². The molecule has 0 spiro atoms. The molecule has 2 aromatic heterocycles. The molecule has 0 atom stereocenters. The molecule has 0 fully saturated rings. The van der Waals surface area contributed by atoms with E-state index in [4.69, 9.17) is 9.84 Å². The molecule has 0 radical (unpaired) electrons. The van der Waals surface area contributed by atoms with Crippen molar-refractivity contribution in [2.75, 3.05) is 24.2 Å². The molecule has 196 valence electrons. The normalized spacial score (nSPS) is 11.3. The second-order valence-electron chi connectivity index (χ2n) is 8.94. The van der Waals surface area contributed by atoms with Gasteiger partial charge in [-0.05, 0) is 56.2 Å². The third-order valence-electron chi connectivity index (χ3n) is 5.81. The average molecular weight is 532 g/mol. The number of aliphatic hydroxyl groups is 1. The summed E-state index contributed by atoms with van der Waals surface area (Å²) in [5.74, 6) is -0.582. The smallest absolute Gasteiger partial charge is 0.230 e. The van der Waals surface area contributed by atoms with Crippen molar-refractivity contribution >= 4 is 21.4 Å². The molecule has 0 aliphatic rings. The summed E-state index contributed by atoms with van der Waals surface area (Å²) in [4.78, 5) is 22.1. The van der Waals surface area contributed by atoms with Gasteiger partial charge in [0, 0.05) is 12.1 Å². The fourth-order valence-corrected chi connectivity index (χ4v) is 5.29. The van der Waals surface area contributed by atoms with Crippen molar-refractivity contribution in [2.24, 2.45) is 0 Å². The molecule has 4 aromatic rings. The predicted octanol–water partition coefficient (Wildman–Crippen LogP) is 4.92. The first kappa shape index (κ1) is 27.0. The summed E-state index contributed by atoms with van der Waals surface area (Å²) in [6, 6.07) is 21.1. The molecule has 8 nitrogen and oxygen atoms in total. The minimum Gasteiger partial charge on any atom is -0.438 e. The lowest BCUT2D eigenvalue weighted by molar-refractivity contribution is 0.101. The zero-order valence-electron chi connectivity index (χ0n) is 21.4. The molecule has 4 rings (SSSR count). The first-order valence-corrected chi connectivity index (χ1v) is 13.7. The van der Waals surface area contributed by atoms with Crippen LogP contribution in [0.2, 0.25) is 0 Å². The van der Waals surface area contributed by atoms with Crippen LogP contribution in [0.3, 0.4) is 0 Å². The summed E-state index contributed by atoms with van der Waals surface area (Å²) in [6.45, 7) is 5.89. The number of carbonyl (C=O) groups excluding carboxylic acids is 1. The number of hydrogen-bond donors (Lipinski definition) is 2. The summed E-state index contributed by atoms with van der Waals surface area (Å²) >= 11 is 0. The van der Waals surface area contributed by atoms with Gasteiger partial charge in [0.05, 0.1) is 17.9 Å². The Hall–Kier alpha value is -4.08. The van der Waals surface area contributed by atoms with Crippen LogP contribution >= 0.6 is 0 Å². The topological polar surface area (TPSA) is 118 Å². The highest BCUT2D eigenvalue weighted by Crippen LogP contribution is 2.33. The zero-order valence-corrected chi connectivity index (χ0v) is 22.2. The molecule has 2 heterocycles. The Morgan fingerprint density at radius 3 is 2.32 bits per heavy atom. The van der Waals surface area contributed by atoms with Crippen LogP contribution in [0.25, 0.3) is 11.3 Å². The fourth-order valence-electron chi connectivity index (χ4n) is 4.12. The second kappa shape index (κ2) is 11.5. The number of aromatic nitrogens is 2. The highest BCUT2D eigenvalue weighted by atomic mass is 32.2. The van der Waals surface area contributed by atoms with Crippen molar-refractivity contribution in [3.63, 3.8) is 0 Å². The Labute approximate surface area is 222 Å². The van der Waals surface area contributed by atoms with Gasteiger partial charge < -0.3 is 15.2 Å². The molecule has 0 bridgehead atoms. The maximum atomic E-state index is 13.4. The van der Waals surface area contributed by atoms with Crippen LogP contribution in [0.1, 0.15) is 27.0 Å². The number of pyridine rings is 2. The number of rotatable bonds is 10. The Balaban J connectivity index is 1.71. The molecular formula is C29H29N3O5S. The number of nitrogens with one attached hydrogen (secondary N) is 1. The summed E-state index contributed by atoms with van der Waals surface area (Å²) in [6.07, 6.45) is 0. The molecule has 0 aliphatic carbocycles. The Kier molecular flexibility index (Phi) is 8.19. The van der Waals surface area contributed by atoms with Gasteiger partial charge in [0.1, 0.15) is 17.3 Å². The molecular weight excluding hydrogens is 502 g/mol. The van der Waals surface area contributed by atoms with Crippen LogP contribution in [0.5, 0.6) is 11.6 Å². The molecule has 38 heavy (non-hydrogen) atoms. The van der Waals surface area contributed by atoms with Crippen LogP contribution < -0.4 is 10.1 Å². The van der Waals surface area contributed by atoms with E-state index in [0.29, 0.717) is 11.4 Å². The zero-order chi connectivity index (χ0) is 27.3. The van der Waals surface area contributed by atoms with Crippen molar-refractivity contribution < 1.29 is 23.1 Å². The van der Waals surface area contributed by atoms with E-state index in [1.807, 2.05) is 63.2 Å². The number of Topliss-reactive ketones (excluding diaryl/α,β-unsaturated/α-hetero) is 1. The van der Waals surface area contributed by atoms with Crippen molar-refractivity contribution in [1.82, 2.24) is 9.97 Å². The summed E-state index contributed by atoms with van der Waals surface area (Å²) in [5.41, 5.74) is 4.30. The van der Waals surface area contributed by atoms with Crippen LogP contribution in [0.15, 0.2) is 77.8 Å². The monoisotopic (exact) mass is 531 g/mol. The number of hydrogen-bond acceptors (Lipinski definition) is 8. The number of benzene rings is 2. The van der Waals surface area contributed by atoms with E-state index >= 15 is 0 Å². The summed E-state index contributed by atoms with van der Waals surface area (Å²) < 4.78 is 32.5.